The van der Waals surface area contributed by atoms with E-state index >= 15 is 0 Å². The minimum atomic E-state index is -0.308. The van der Waals surface area contributed by atoms with E-state index in [1.165, 1.54) is 0 Å². The molecule has 0 saturated carbocycles. The summed E-state index contributed by atoms with van der Waals surface area (Å²) >= 11 is 0. The van der Waals surface area contributed by atoms with Crippen molar-refractivity contribution >= 4 is 11.9 Å². The highest BCUT2D eigenvalue weighted by molar-refractivity contribution is 6.01. The average Bonchev–Trinajstić information content (AvgIpc) is 3.09. The Labute approximate surface area is 133 Å². The number of aromatic nitrogens is 2. The number of hydrogen-bond donors (Lipinski definition) is 3. The molecule has 2 aromatic rings. The molecule has 0 bridgehead atoms. The summed E-state index contributed by atoms with van der Waals surface area (Å²) in [6, 6.07) is 9.48. The molecule has 0 unspecified atom stereocenters. The Kier molecular flexibility index (Phi) is 2.90. The third-order valence-corrected chi connectivity index (χ3v) is 4.45. The minimum Gasteiger partial charge on any atom is -0.336 e. The first-order valence-corrected chi connectivity index (χ1v) is 7.54. The molecular formula is C16H17N5O2. The van der Waals surface area contributed by atoms with Crippen molar-refractivity contribution in [3.8, 4) is 11.3 Å². The Morgan fingerprint density at radius 2 is 2.00 bits per heavy atom. The molecule has 1 aromatic heterocycles. The molecule has 23 heavy (non-hydrogen) atoms. The fraction of sp³-hybridized carbons (Fsp3) is 0.312. The molecule has 3 amide bonds. The lowest BCUT2D eigenvalue weighted by atomic mass is 9.90. The summed E-state index contributed by atoms with van der Waals surface area (Å²) in [4.78, 5) is 25.9. The maximum atomic E-state index is 12.9. The molecule has 2 aliphatic heterocycles. The van der Waals surface area contributed by atoms with Crippen LogP contribution in [0.4, 0.5) is 4.79 Å². The highest BCUT2D eigenvalue weighted by Gasteiger charge is 2.50. The number of likely N-dealkylation sites (tertiary alicyclic amines) is 1. The van der Waals surface area contributed by atoms with Gasteiger partial charge in [0, 0.05) is 30.9 Å². The van der Waals surface area contributed by atoms with E-state index in [2.05, 4.69) is 20.8 Å². The summed E-state index contributed by atoms with van der Waals surface area (Å²) in [6.45, 7) is 3.44. The Balaban J connectivity index is 1.59. The first-order valence-electron chi connectivity index (χ1n) is 7.54. The van der Waals surface area contributed by atoms with Gasteiger partial charge in [0.25, 0.3) is 5.91 Å². The molecule has 0 atom stereocenters. The van der Waals surface area contributed by atoms with E-state index in [-0.39, 0.29) is 17.5 Å². The van der Waals surface area contributed by atoms with E-state index in [1.807, 2.05) is 37.3 Å². The summed E-state index contributed by atoms with van der Waals surface area (Å²) in [5.41, 5.74) is 2.62. The monoisotopic (exact) mass is 311 g/mol. The van der Waals surface area contributed by atoms with Gasteiger partial charge in [-0.05, 0) is 6.92 Å². The van der Waals surface area contributed by atoms with Gasteiger partial charge in [0.15, 0.2) is 0 Å². The van der Waals surface area contributed by atoms with E-state index in [4.69, 9.17) is 0 Å². The molecule has 7 nitrogen and oxygen atoms in total. The summed E-state index contributed by atoms with van der Waals surface area (Å²) in [5, 5.41) is 12.8. The van der Waals surface area contributed by atoms with Crippen LogP contribution >= 0.6 is 0 Å². The lowest BCUT2D eigenvalue weighted by Gasteiger charge is -2.46. The summed E-state index contributed by atoms with van der Waals surface area (Å²) in [7, 11) is 0. The third kappa shape index (κ3) is 2.16. The van der Waals surface area contributed by atoms with Crippen molar-refractivity contribution in [2.75, 3.05) is 19.6 Å². The van der Waals surface area contributed by atoms with Gasteiger partial charge in [-0.1, -0.05) is 30.3 Å². The molecular weight excluding hydrogens is 294 g/mol. The van der Waals surface area contributed by atoms with Crippen LogP contribution in [0.15, 0.2) is 30.3 Å². The zero-order chi connectivity index (χ0) is 16.0. The number of urea groups is 1. The highest BCUT2D eigenvalue weighted by Crippen LogP contribution is 2.29. The fourth-order valence-electron chi connectivity index (χ4n) is 3.25. The number of nitrogens with zero attached hydrogens (tertiary/aromatic N) is 2. The fourth-order valence-corrected chi connectivity index (χ4v) is 3.25. The van der Waals surface area contributed by atoms with Crippen molar-refractivity contribution in [3.05, 3.63) is 41.6 Å². The van der Waals surface area contributed by atoms with Crippen LogP contribution in [0, 0.1) is 6.92 Å². The second kappa shape index (κ2) is 4.84. The molecule has 2 aliphatic rings. The number of hydrogen-bond acceptors (Lipinski definition) is 3. The van der Waals surface area contributed by atoms with Crippen LogP contribution in [-0.4, -0.2) is 52.2 Å². The molecule has 1 aromatic carbocycles. The SMILES string of the molecule is Cc1[nH]nc(-c2ccccc2)c1C(=O)N1CC2(CNC(=O)N2)C1. The van der Waals surface area contributed by atoms with Gasteiger partial charge in [0.05, 0.1) is 11.1 Å². The number of aryl methyl sites for hydroxylation is 1. The molecule has 0 radical (unpaired) electrons. The lowest BCUT2D eigenvalue weighted by Crippen LogP contribution is -2.70. The summed E-state index contributed by atoms with van der Waals surface area (Å²) < 4.78 is 0. The largest absolute Gasteiger partial charge is 0.336 e. The van der Waals surface area contributed by atoms with E-state index in [0.29, 0.717) is 30.9 Å². The lowest BCUT2D eigenvalue weighted by molar-refractivity contribution is 0.0397. The van der Waals surface area contributed by atoms with Gasteiger partial charge < -0.3 is 15.5 Å². The Bertz CT molecular complexity index is 777. The quantitative estimate of drug-likeness (QED) is 0.769. The summed E-state index contributed by atoms with van der Waals surface area (Å²) in [5.74, 6) is -0.0538. The van der Waals surface area contributed by atoms with Crippen molar-refractivity contribution in [3.63, 3.8) is 0 Å². The molecule has 0 aliphatic carbocycles. The number of H-pyrrole nitrogens is 1. The number of nitrogens with one attached hydrogen (secondary N) is 3. The van der Waals surface area contributed by atoms with Gasteiger partial charge in [-0.25, -0.2) is 4.79 Å². The van der Waals surface area contributed by atoms with Gasteiger partial charge in [-0.15, -0.1) is 0 Å². The molecule has 2 fully saturated rings. The molecule has 118 valence electrons. The van der Waals surface area contributed by atoms with Gasteiger partial charge >= 0.3 is 6.03 Å². The second-order valence-electron chi connectivity index (χ2n) is 6.19. The van der Waals surface area contributed by atoms with Gasteiger partial charge in [0.2, 0.25) is 0 Å². The number of carbonyl (C=O) groups excluding carboxylic acids is 2. The minimum absolute atomic E-state index is 0.0538. The van der Waals surface area contributed by atoms with E-state index < -0.39 is 0 Å². The van der Waals surface area contributed by atoms with E-state index in [0.717, 1.165) is 11.3 Å². The third-order valence-electron chi connectivity index (χ3n) is 4.45. The van der Waals surface area contributed by atoms with Crippen LogP contribution in [0.2, 0.25) is 0 Å². The van der Waals surface area contributed by atoms with Crippen LogP contribution in [-0.2, 0) is 0 Å². The average molecular weight is 311 g/mol. The standard InChI is InChI=1S/C16H17N5O2/c1-10-12(13(20-19-10)11-5-3-2-4-6-11)14(22)21-8-16(9-21)7-17-15(23)18-16/h2-6H,7-9H2,1H3,(H,19,20)(H2,17,18,23). The number of aromatic amines is 1. The zero-order valence-corrected chi connectivity index (χ0v) is 12.7. The van der Waals surface area contributed by atoms with Crippen LogP contribution in [0.1, 0.15) is 16.1 Å². The second-order valence-corrected chi connectivity index (χ2v) is 6.19. The van der Waals surface area contributed by atoms with Crippen molar-refractivity contribution in [1.82, 2.24) is 25.7 Å². The predicted octanol–water partition coefficient (Wildman–Crippen LogP) is 0.893. The van der Waals surface area contributed by atoms with E-state index in [9.17, 15) is 9.59 Å². The Morgan fingerprint density at radius 1 is 1.26 bits per heavy atom. The summed E-state index contributed by atoms with van der Waals surface area (Å²) in [6.07, 6.45) is 0. The van der Waals surface area contributed by atoms with Crippen molar-refractivity contribution < 1.29 is 9.59 Å². The van der Waals surface area contributed by atoms with E-state index in [1.54, 1.807) is 4.90 Å². The molecule has 3 N–H and O–H groups in total. The van der Waals surface area contributed by atoms with Crippen LogP contribution < -0.4 is 10.6 Å². The highest BCUT2D eigenvalue weighted by atomic mass is 16.2. The maximum Gasteiger partial charge on any atom is 0.315 e. The van der Waals surface area contributed by atoms with Crippen molar-refractivity contribution in [1.29, 1.82) is 0 Å². The number of benzene rings is 1. The first kappa shape index (κ1) is 13.8. The number of carbonyl (C=O) groups is 2. The predicted molar refractivity (Wildman–Crippen MR) is 83.9 cm³/mol. The topological polar surface area (TPSA) is 90.1 Å². The van der Waals surface area contributed by atoms with Crippen molar-refractivity contribution in [2.24, 2.45) is 0 Å². The normalized spacial score (nSPS) is 18.5. The first-order chi connectivity index (χ1) is 11.1. The number of amides is 3. The molecule has 1 spiro atoms. The van der Waals surface area contributed by atoms with Crippen LogP contribution in [0.25, 0.3) is 11.3 Å². The Morgan fingerprint density at radius 3 is 2.65 bits per heavy atom. The van der Waals surface area contributed by atoms with Crippen LogP contribution in [0.3, 0.4) is 0 Å². The van der Waals surface area contributed by atoms with Crippen LogP contribution in [0.5, 0.6) is 0 Å². The smallest absolute Gasteiger partial charge is 0.315 e. The molecule has 2 saturated heterocycles. The molecule has 7 heteroatoms. The zero-order valence-electron chi connectivity index (χ0n) is 12.7. The van der Waals surface area contributed by atoms with Gasteiger partial charge in [0.1, 0.15) is 5.69 Å². The molecule has 4 rings (SSSR count). The number of rotatable bonds is 2. The Hall–Kier alpha value is -2.83. The van der Waals surface area contributed by atoms with Gasteiger partial charge in [-0.3, -0.25) is 9.89 Å². The molecule has 3 heterocycles. The maximum absolute atomic E-state index is 12.9. The van der Waals surface area contributed by atoms with Gasteiger partial charge in [-0.2, -0.15) is 5.10 Å². The van der Waals surface area contributed by atoms with Crippen molar-refractivity contribution in [2.45, 2.75) is 12.5 Å².